The molecule has 18 heavy (non-hydrogen) atoms. The zero-order valence-electron chi connectivity index (χ0n) is 11.5. The van der Waals surface area contributed by atoms with Crippen LogP contribution in [0.15, 0.2) is 12.1 Å². The smallest absolute Gasteiger partial charge is 0.233 e. The van der Waals surface area contributed by atoms with Gasteiger partial charge < -0.3 is 5.32 Å². The first kappa shape index (κ1) is 15.0. The van der Waals surface area contributed by atoms with Crippen LogP contribution in [-0.2, 0) is 10.0 Å². The summed E-state index contributed by atoms with van der Waals surface area (Å²) in [7, 11) is -3.28. The van der Waals surface area contributed by atoms with Gasteiger partial charge in [-0.1, -0.05) is 24.6 Å². The highest BCUT2D eigenvalue weighted by Gasteiger charge is 2.13. The van der Waals surface area contributed by atoms with Gasteiger partial charge in [-0.05, 0) is 38.4 Å². The molecule has 0 unspecified atom stereocenters. The Morgan fingerprint density at radius 2 is 1.67 bits per heavy atom. The molecule has 0 atom stereocenters. The van der Waals surface area contributed by atoms with E-state index in [9.17, 15) is 8.42 Å². The number of sulfonamides is 1. The summed E-state index contributed by atoms with van der Waals surface area (Å²) < 4.78 is 26.5. The molecule has 0 heterocycles. The Balaban J connectivity index is 2.84. The summed E-state index contributed by atoms with van der Waals surface area (Å²) in [5.74, 6) is 0.0909. The number of nitrogens with one attached hydrogen (secondary N) is 2. The average Bonchev–Trinajstić information content (AvgIpc) is 2.23. The maximum absolute atomic E-state index is 11.9. The number of anilines is 1. The molecule has 0 fully saturated rings. The third kappa shape index (κ3) is 4.31. The molecule has 0 aromatic heterocycles. The summed E-state index contributed by atoms with van der Waals surface area (Å²) in [6.07, 6.45) is 0. The zero-order chi connectivity index (χ0) is 13.8. The fourth-order valence-corrected chi connectivity index (χ4v) is 3.08. The highest BCUT2D eigenvalue weighted by Crippen LogP contribution is 2.22. The lowest BCUT2D eigenvalue weighted by atomic mass is 10.1. The van der Waals surface area contributed by atoms with Crippen LogP contribution in [-0.4, -0.2) is 27.3 Å². The van der Waals surface area contributed by atoms with E-state index in [1.165, 1.54) is 0 Å². The molecule has 1 aromatic carbocycles. The van der Waals surface area contributed by atoms with Crippen molar-refractivity contribution in [1.82, 2.24) is 5.32 Å². The van der Waals surface area contributed by atoms with Gasteiger partial charge in [0.05, 0.1) is 11.4 Å². The Hall–Kier alpha value is -1.07. The van der Waals surface area contributed by atoms with Crippen LogP contribution >= 0.6 is 0 Å². The van der Waals surface area contributed by atoms with Crippen molar-refractivity contribution in [1.29, 1.82) is 0 Å². The van der Waals surface area contributed by atoms with Gasteiger partial charge in [0.15, 0.2) is 0 Å². The van der Waals surface area contributed by atoms with E-state index in [-0.39, 0.29) is 5.75 Å². The second-order valence-electron chi connectivity index (χ2n) is 4.55. The van der Waals surface area contributed by atoms with Crippen molar-refractivity contribution in [2.24, 2.45) is 0 Å². The molecular formula is C13H22N2O2S. The van der Waals surface area contributed by atoms with Crippen LogP contribution in [0, 0.1) is 20.8 Å². The second kappa shape index (κ2) is 6.20. The minimum Gasteiger partial charge on any atom is -0.316 e. The van der Waals surface area contributed by atoms with E-state index in [0.717, 1.165) is 23.2 Å². The Bertz CT molecular complexity index is 487. The molecule has 5 heteroatoms. The van der Waals surface area contributed by atoms with E-state index in [1.54, 1.807) is 0 Å². The summed E-state index contributed by atoms with van der Waals surface area (Å²) in [6.45, 7) is 9.04. The molecule has 1 aromatic rings. The highest BCUT2D eigenvalue weighted by molar-refractivity contribution is 7.92. The molecule has 2 N–H and O–H groups in total. The quantitative estimate of drug-likeness (QED) is 0.777. The summed E-state index contributed by atoms with van der Waals surface area (Å²) >= 11 is 0. The summed E-state index contributed by atoms with van der Waals surface area (Å²) in [5, 5.41) is 3.01. The lowest BCUT2D eigenvalue weighted by Crippen LogP contribution is -2.27. The second-order valence-corrected chi connectivity index (χ2v) is 6.39. The molecule has 0 aliphatic heterocycles. The van der Waals surface area contributed by atoms with Crippen LogP contribution in [0.5, 0.6) is 0 Å². The van der Waals surface area contributed by atoms with Crippen molar-refractivity contribution in [3.63, 3.8) is 0 Å². The van der Waals surface area contributed by atoms with E-state index >= 15 is 0 Å². The molecule has 1 rings (SSSR count). The molecule has 0 radical (unpaired) electrons. The molecule has 0 amide bonds. The van der Waals surface area contributed by atoms with Crippen LogP contribution in [0.4, 0.5) is 5.69 Å². The molecule has 0 bridgehead atoms. The van der Waals surface area contributed by atoms with E-state index in [1.807, 2.05) is 39.8 Å². The normalized spacial score (nSPS) is 11.6. The number of hydrogen-bond donors (Lipinski definition) is 2. The van der Waals surface area contributed by atoms with Gasteiger partial charge in [0, 0.05) is 6.54 Å². The van der Waals surface area contributed by atoms with Crippen molar-refractivity contribution in [3.8, 4) is 0 Å². The van der Waals surface area contributed by atoms with E-state index in [2.05, 4.69) is 10.0 Å². The Morgan fingerprint density at radius 3 is 2.17 bits per heavy atom. The third-order valence-electron chi connectivity index (χ3n) is 2.73. The Labute approximate surface area is 110 Å². The fraction of sp³-hybridized carbons (Fsp3) is 0.538. The number of hydrogen-bond acceptors (Lipinski definition) is 3. The van der Waals surface area contributed by atoms with Gasteiger partial charge in [-0.3, -0.25) is 4.72 Å². The maximum atomic E-state index is 11.9. The predicted molar refractivity (Wildman–Crippen MR) is 76.6 cm³/mol. The first-order chi connectivity index (χ1) is 8.35. The molecule has 0 saturated carbocycles. The van der Waals surface area contributed by atoms with Gasteiger partial charge in [-0.2, -0.15) is 0 Å². The molecular weight excluding hydrogens is 248 g/mol. The van der Waals surface area contributed by atoms with Gasteiger partial charge in [0.2, 0.25) is 10.0 Å². The molecule has 102 valence electrons. The molecule has 0 aliphatic carbocycles. The van der Waals surface area contributed by atoms with Crippen LogP contribution < -0.4 is 10.0 Å². The van der Waals surface area contributed by atoms with E-state index in [0.29, 0.717) is 12.2 Å². The monoisotopic (exact) mass is 270 g/mol. The van der Waals surface area contributed by atoms with Crippen LogP contribution in [0.2, 0.25) is 0 Å². The van der Waals surface area contributed by atoms with Crippen molar-refractivity contribution in [2.45, 2.75) is 27.7 Å². The van der Waals surface area contributed by atoms with Gasteiger partial charge in [0.25, 0.3) is 0 Å². The van der Waals surface area contributed by atoms with Crippen molar-refractivity contribution in [3.05, 3.63) is 28.8 Å². The van der Waals surface area contributed by atoms with Crippen molar-refractivity contribution < 1.29 is 8.42 Å². The molecule has 0 aliphatic rings. The first-order valence-electron chi connectivity index (χ1n) is 6.15. The van der Waals surface area contributed by atoms with Gasteiger partial charge >= 0.3 is 0 Å². The number of aryl methyl sites for hydroxylation is 3. The van der Waals surface area contributed by atoms with Crippen LogP contribution in [0.3, 0.4) is 0 Å². The minimum absolute atomic E-state index is 0.0909. The number of rotatable bonds is 6. The van der Waals surface area contributed by atoms with Crippen molar-refractivity contribution >= 4 is 15.7 Å². The molecule has 4 nitrogen and oxygen atoms in total. The largest absolute Gasteiger partial charge is 0.316 e. The van der Waals surface area contributed by atoms with E-state index in [4.69, 9.17) is 0 Å². The Morgan fingerprint density at radius 1 is 1.11 bits per heavy atom. The average molecular weight is 270 g/mol. The zero-order valence-corrected chi connectivity index (χ0v) is 12.3. The Kier molecular flexibility index (Phi) is 5.16. The minimum atomic E-state index is -3.28. The van der Waals surface area contributed by atoms with Gasteiger partial charge in [-0.15, -0.1) is 0 Å². The van der Waals surface area contributed by atoms with Crippen LogP contribution in [0.1, 0.15) is 23.6 Å². The summed E-state index contributed by atoms with van der Waals surface area (Å²) in [5.41, 5.74) is 3.76. The predicted octanol–water partition coefficient (Wildman–Crippen LogP) is 1.96. The maximum Gasteiger partial charge on any atom is 0.233 e. The lowest BCUT2D eigenvalue weighted by molar-refractivity contribution is 0.597. The van der Waals surface area contributed by atoms with Gasteiger partial charge in [-0.25, -0.2) is 8.42 Å². The molecule has 0 saturated heterocycles. The number of benzene rings is 1. The first-order valence-corrected chi connectivity index (χ1v) is 7.80. The summed E-state index contributed by atoms with van der Waals surface area (Å²) in [6, 6.07) is 3.96. The lowest BCUT2D eigenvalue weighted by Gasteiger charge is -2.14. The third-order valence-corrected chi connectivity index (χ3v) is 3.99. The molecule has 0 spiro atoms. The topological polar surface area (TPSA) is 58.2 Å². The SMILES string of the molecule is CCNCCS(=O)(=O)Nc1c(C)cc(C)cc1C. The highest BCUT2D eigenvalue weighted by atomic mass is 32.2. The van der Waals surface area contributed by atoms with Crippen LogP contribution in [0.25, 0.3) is 0 Å². The van der Waals surface area contributed by atoms with Gasteiger partial charge in [0.1, 0.15) is 0 Å². The fourth-order valence-electron chi connectivity index (χ4n) is 1.93. The van der Waals surface area contributed by atoms with Crippen molar-refractivity contribution in [2.75, 3.05) is 23.6 Å². The standard InChI is InChI=1S/C13H22N2O2S/c1-5-14-6-7-18(16,17)15-13-11(3)8-10(2)9-12(13)4/h8-9,14-15H,5-7H2,1-4H3. The van der Waals surface area contributed by atoms with E-state index < -0.39 is 10.0 Å². The summed E-state index contributed by atoms with van der Waals surface area (Å²) in [4.78, 5) is 0.